The Morgan fingerprint density at radius 3 is 2.75 bits per heavy atom. The van der Waals surface area contributed by atoms with Gasteiger partial charge in [0.15, 0.2) is 0 Å². The van der Waals surface area contributed by atoms with Crippen molar-refractivity contribution < 1.29 is 4.79 Å². The molecule has 3 atom stereocenters. The van der Waals surface area contributed by atoms with Crippen LogP contribution in [-0.4, -0.2) is 34.9 Å². The van der Waals surface area contributed by atoms with Crippen molar-refractivity contribution in [3.63, 3.8) is 0 Å². The van der Waals surface area contributed by atoms with Crippen LogP contribution in [0, 0.1) is 5.92 Å². The molecule has 20 heavy (non-hydrogen) atoms. The molecule has 1 aromatic rings. The maximum Gasteiger partial charge on any atom is 0.241 e. The largest absolute Gasteiger partial charge is 0.319 e. The van der Waals surface area contributed by atoms with Crippen LogP contribution < -0.4 is 5.32 Å². The lowest BCUT2D eigenvalue weighted by atomic mass is 10.0. The summed E-state index contributed by atoms with van der Waals surface area (Å²) in [5, 5.41) is 7.75. The molecule has 1 N–H and O–H groups in total. The molecule has 3 unspecified atom stereocenters. The van der Waals surface area contributed by atoms with Crippen LogP contribution in [0.5, 0.6) is 0 Å². The topological polar surface area (TPSA) is 32.3 Å². The molecule has 0 spiro atoms. The van der Waals surface area contributed by atoms with Gasteiger partial charge in [0, 0.05) is 6.04 Å². The fraction of sp³-hybridized carbons (Fsp3) is 0.667. The molecular formula is C15H24N2OS2. The minimum atomic E-state index is -0.0587. The third-order valence-electron chi connectivity index (χ3n) is 3.88. The summed E-state index contributed by atoms with van der Waals surface area (Å²) in [6, 6.07) is 2.33. The minimum absolute atomic E-state index is 0.0398. The van der Waals surface area contributed by atoms with Gasteiger partial charge in [0.1, 0.15) is 6.17 Å². The molecule has 0 aliphatic carbocycles. The normalized spacial score (nSPS) is 24.6. The van der Waals surface area contributed by atoms with E-state index >= 15 is 0 Å². The van der Waals surface area contributed by atoms with E-state index in [0.29, 0.717) is 5.92 Å². The van der Waals surface area contributed by atoms with Crippen LogP contribution in [0.25, 0.3) is 0 Å². The number of carbonyl (C=O) groups excluding carboxylic acids is 1. The van der Waals surface area contributed by atoms with Gasteiger partial charge in [-0.05, 0) is 53.7 Å². The molecular weight excluding hydrogens is 288 g/mol. The smallest absolute Gasteiger partial charge is 0.241 e. The molecule has 112 valence electrons. The van der Waals surface area contributed by atoms with Crippen LogP contribution >= 0.6 is 23.1 Å². The van der Waals surface area contributed by atoms with E-state index in [1.165, 1.54) is 5.56 Å². The Labute approximate surface area is 130 Å². The maximum absolute atomic E-state index is 12.7. The number of hydrogen-bond donors (Lipinski definition) is 1. The highest BCUT2D eigenvalue weighted by molar-refractivity contribution is 7.98. The first-order valence-electron chi connectivity index (χ1n) is 7.15. The van der Waals surface area contributed by atoms with E-state index in [-0.39, 0.29) is 24.2 Å². The van der Waals surface area contributed by atoms with Crippen molar-refractivity contribution in [2.75, 3.05) is 12.0 Å². The standard InChI is InChI=1S/C15H24N2OS2/c1-10(2)13-15(18)17(11(3)5-7-19-4)14(16-13)12-6-8-20-9-12/h6,8-11,13-14,16H,5,7H2,1-4H3. The minimum Gasteiger partial charge on any atom is -0.319 e. The molecule has 1 fully saturated rings. The SMILES string of the molecule is CSCCC(C)N1C(=O)C(C(C)C)NC1c1ccsc1. The van der Waals surface area contributed by atoms with Crippen molar-refractivity contribution in [2.24, 2.45) is 5.92 Å². The van der Waals surface area contributed by atoms with Crippen molar-refractivity contribution in [2.45, 2.75) is 45.4 Å². The second kappa shape index (κ2) is 6.96. The van der Waals surface area contributed by atoms with Gasteiger partial charge in [0.25, 0.3) is 0 Å². The number of nitrogens with zero attached hydrogens (tertiary/aromatic N) is 1. The summed E-state index contributed by atoms with van der Waals surface area (Å²) >= 11 is 3.53. The summed E-state index contributed by atoms with van der Waals surface area (Å²) in [5.41, 5.74) is 1.21. The summed E-state index contributed by atoms with van der Waals surface area (Å²) in [6.45, 7) is 6.38. The Bertz CT molecular complexity index is 433. The molecule has 5 heteroatoms. The van der Waals surface area contributed by atoms with Gasteiger partial charge in [0.05, 0.1) is 6.04 Å². The zero-order chi connectivity index (χ0) is 14.7. The Hall–Kier alpha value is -0.520. The number of thiophene rings is 1. The number of carbonyl (C=O) groups is 1. The molecule has 1 aliphatic rings. The molecule has 0 bridgehead atoms. The Balaban J connectivity index is 2.21. The second-order valence-corrected chi connectivity index (χ2v) is 7.49. The van der Waals surface area contributed by atoms with E-state index in [4.69, 9.17) is 0 Å². The molecule has 1 amide bonds. The third-order valence-corrected chi connectivity index (χ3v) is 5.22. The number of nitrogens with one attached hydrogen (secondary N) is 1. The van der Waals surface area contributed by atoms with Crippen LogP contribution in [0.1, 0.15) is 38.9 Å². The zero-order valence-electron chi connectivity index (χ0n) is 12.6. The van der Waals surface area contributed by atoms with Gasteiger partial charge in [-0.2, -0.15) is 23.1 Å². The first-order valence-corrected chi connectivity index (χ1v) is 9.49. The second-order valence-electron chi connectivity index (χ2n) is 5.72. The first-order chi connectivity index (χ1) is 9.56. The zero-order valence-corrected chi connectivity index (χ0v) is 14.3. The Morgan fingerprint density at radius 1 is 1.45 bits per heavy atom. The first kappa shape index (κ1) is 15.9. The van der Waals surface area contributed by atoms with Gasteiger partial charge in [-0.15, -0.1) is 0 Å². The fourth-order valence-electron chi connectivity index (χ4n) is 2.67. The molecule has 2 heterocycles. The van der Waals surface area contributed by atoms with Crippen molar-refractivity contribution >= 4 is 29.0 Å². The fourth-order valence-corrected chi connectivity index (χ4v) is 3.93. The number of amides is 1. The van der Waals surface area contributed by atoms with Crippen LogP contribution in [-0.2, 0) is 4.79 Å². The highest BCUT2D eigenvalue weighted by atomic mass is 32.2. The van der Waals surface area contributed by atoms with Gasteiger partial charge in [-0.25, -0.2) is 0 Å². The number of rotatable bonds is 6. The van der Waals surface area contributed by atoms with E-state index in [1.54, 1.807) is 11.3 Å². The van der Waals surface area contributed by atoms with Crippen LogP contribution in [0.15, 0.2) is 16.8 Å². The molecule has 0 aromatic carbocycles. The van der Waals surface area contributed by atoms with Crippen LogP contribution in [0.2, 0.25) is 0 Å². The van der Waals surface area contributed by atoms with E-state index in [9.17, 15) is 4.79 Å². The quantitative estimate of drug-likeness (QED) is 0.874. The van der Waals surface area contributed by atoms with Gasteiger partial charge >= 0.3 is 0 Å². The number of thioether (sulfide) groups is 1. The van der Waals surface area contributed by atoms with Crippen molar-refractivity contribution in [3.8, 4) is 0 Å². The predicted octanol–water partition coefficient (Wildman–Crippen LogP) is 3.34. The van der Waals surface area contributed by atoms with Crippen LogP contribution in [0.3, 0.4) is 0 Å². The van der Waals surface area contributed by atoms with E-state index in [2.05, 4.69) is 54.1 Å². The summed E-state index contributed by atoms with van der Waals surface area (Å²) < 4.78 is 0. The van der Waals surface area contributed by atoms with E-state index < -0.39 is 0 Å². The monoisotopic (exact) mass is 312 g/mol. The Kier molecular flexibility index (Phi) is 5.52. The van der Waals surface area contributed by atoms with Crippen molar-refractivity contribution in [1.29, 1.82) is 0 Å². The summed E-state index contributed by atoms with van der Waals surface area (Å²) in [6.07, 6.45) is 3.20. The molecule has 2 rings (SSSR count). The molecule has 1 saturated heterocycles. The lowest BCUT2D eigenvalue weighted by molar-refractivity contribution is -0.132. The summed E-state index contributed by atoms with van der Waals surface area (Å²) in [7, 11) is 0. The molecule has 0 saturated carbocycles. The number of hydrogen-bond acceptors (Lipinski definition) is 4. The average molecular weight is 313 g/mol. The van der Waals surface area contributed by atoms with E-state index in [1.807, 2.05) is 11.8 Å². The molecule has 1 aromatic heterocycles. The predicted molar refractivity (Wildman–Crippen MR) is 88.1 cm³/mol. The van der Waals surface area contributed by atoms with Gasteiger partial charge in [-0.1, -0.05) is 13.8 Å². The average Bonchev–Trinajstić information content (AvgIpc) is 3.02. The molecule has 3 nitrogen and oxygen atoms in total. The lowest BCUT2D eigenvalue weighted by Gasteiger charge is -2.30. The molecule has 1 aliphatic heterocycles. The van der Waals surface area contributed by atoms with Gasteiger partial charge in [0.2, 0.25) is 5.91 Å². The van der Waals surface area contributed by atoms with Gasteiger partial charge in [-0.3, -0.25) is 10.1 Å². The van der Waals surface area contributed by atoms with Gasteiger partial charge < -0.3 is 4.90 Å². The highest BCUT2D eigenvalue weighted by Gasteiger charge is 2.42. The summed E-state index contributed by atoms with van der Waals surface area (Å²) in [5.74, 6) is 1.67. The van der Waals surface area contributed by atoms with Crippen LogP contribution in [0.4, 0.5) is 0 Å². The Morgan fingerprint density at radius 2 is 2.20 bits per heavy atom. The van der Waals surface area contributed by atoms with E-state index in [0.717, 1.165) is 12.2 Å². The highest BCUT2D eigenvalue weighted by Crippen LogP contribution is 2.32. The summed E-state index contributed by atoms with van der Waals surface area (Å²) in [4.78, 5) is 14.8. The van der Waals surface area contributed by atoms with Crippen molar-refractivity contribution in [1.82, 2.24) is 10.2 Å². The van der Waals surface area contributed by atoms with Crippen molar-refractivity contribution in [3.05, 3.63) is 22.4 Å². The maximum atomic E-state index is 12.7. The lowest BCUT2D eigenvalue weighted by Crippen LogP contribution is -2.39. The third kappa shape index (κ3) is 3.21. The molecule has 0 radical (unpaired) electrons.